The summed E-state index contributed by atoms with van der Waals surface area (Å²) in [5.74, 6) is 0.894. The molecule has 1 aromatic carbocycles. The van der Waals surface area contributed by atoms with Gasteiger partial charge in [-0.25, -0.2) is 4.98 Å². The Bertz CT molecular complexity index is 912. The van der Waals surface area contributed by atoms with Crippen molar-refractivity contribution in [3.05, 3.63) is 49.2 Å². The van der Waals surface area contributed by atoms with Crippen molar-refractivity contribution >= 4 is 11.6 Å². The van der Waals surface area contributed by atoms with Crippen LogP contribution >= 0.6 is 0 Å². The average Bonchev–Trinajstić information content (AvgIpc) is 3.40. The number of amides is 1. The normalized spacial score (nSPS) is 17.1. The van der Waals surface area contributed by atoms with Crippen molar-refractivity contribution in [2.45, 2.75) is 25.9 Å². The van der Waals surface area contributed by atoms with Crippen LogP contribution in [0.2, 0.25) is 0 Å². The first kappa shape index (κ1) is 16.4. The summed E-state index contributed by atoms with van der Waals surface area (Å²) in [7, 11) is 1.63. The largest absolute Gasteiger partial charge is 0.497 e. The van der Waals surface area contributed by atoms with Gasteiger partial charge in [-0.05, 0) is 31.2 Å². The molecule has 1 fully saturated rings. The number of carbonyl (C=O) groups excluding carboxylic acids is 1. The van der Waals surface area contributed by atoms with Gasteiger partial charge in [0.1, 0.15) is 5.75 Å². The third kappa shape index (κ3) is 2.85. The summed E-state index contributed by atoms with van der Waals surface area (Å²) in [5.41, 5.74) is 2.89. The molecule has 0 N–H and O–H groups in total. The third-order valence-electron chi connectivity index (χ3n) is 4.80. The van der Waals surface area contributed by atoms with Crippen LogP contribution in [0, 0.1) is 0 Å². The molecule has 0 radical (unpaired) electrons. The molecule has 1 atom stereocenters. The molecular weight excluding hydrogens is 330 g/mol. The van der Waals surface area contributed by atoms with Crippen molar-refractivity contribution in [2.24, 2.45) is 0 Å². The summed E-state index contributed by atoms with van der Waals surface area (Å²) in [4.78, 5) is 18.7. The highest BCUT2D eigenvalue weighted by Crippen LogP contribution is 2.32. The van der Waals surface area contributed by atoms with Crippen molar-refractivity contribution < 1.29 is 9.53 Å². The molecule has 26 heavy (non-hydrogen) atoms. The number of hydrogen-bond acceptors (Lipinski definition) is 4. The molecule has 0 spiro atoms. The van der Waals surface area contributed by atoms with Crippen LogP contribution in [0.4, 0.5) is 5.69 Å². The maximum atomic E-state index is 12.6. The van der Waals surface area contributed by atoms with E-state index in [0.717, 1.165) is 29.2 Å². The van der Waals surface area contributed by atoms with Gasteiger partial charge >= 0.3 is 0 Å². The highest BCUT2D eigenvalue weighted by Gasteiger charge is 2.32. The number of aryl methyl sites for hydroxylation is 1. The predicted octanol–water partition coefficient (Wildman–Crippen LogP) is 2.75. The van der Waals surface area contributed by atoms with Gasteiger partial charge in [0, 0.05) is 37.0 Å². The molecule has 2 aromatic heterocycles. The summed E-state index contributed by atoms with van der Waals surface area (Å²) in [6.45, 7) is 3.49. The van der Waals surface area contributed by atoms with Crippen molar-refractivity contribution in [2.75, 3.05) is 18.6 Å². The zero-order valence-electron chi connectivity index (χ0n) is 14.9. The Morgan fingerprint density at radius 1 is 1.23 bits per heavy atom. The summed E-state index contributed by atoms with van der Waals surface area (Å²) < 4.78 is 9.16. The van der Waals surface area contributed by atoms with Gasteiger partial charge < -0.3 is 14.2 Å². The number of anilines is 1. The fraction of sp³-hybridized carbons (Fsp3) is 0.316. The zero-order valence-corrected chi connectivity index (χ0v) is 14.9. The van der Waals surface area contributed by atoms with E-state index in [2.05, 4.69) is 21.6 Å². The Hall–Kier alpha value is -3.09. The van der Waals surface area contributed by atoms with Crippen molar-refractivity contribution in [1.82, 2.24) is 19.3 Å². The van der Waals surface area contributed by atoms with Crippen LogP contribution in [-0.4, -0.2) is 38.9 Å². The zero-order chi connectivity index (χ0) is 18.1. The summed E-state index contributed by atoms with van der Waals surface area (Å²) >= 11 is 0. The quantitative estimate of drug-likeness (QED) is 0.709. The Labute approximate surface area is 151 Å². The van der Waals surface area contributed by atoms with Gasteiger partial charge in [-0.3, -0.25) is 9.48 Å². The number of carbonyl (C=O) groups is 1. The highest BCUT2D eigenvalue weighted by atomic mass is 16.5. The molecule has 3 aromatic rings. The molecule has 0 saturated carbocycles. The van der Waals surface area contributed by atoms with E-state index in [9.17, 15) is 4.79 Å². The van der Waals surface area contributed by atoms with E-state index in [1.54, 1.807) is 13.4 Å². The molecule has 1 aliphatic rings. The van der Waals surface area contributed by atoms with E-state index in [1.165, 1.54) is 0 Å². The molecule has 1 amide bonds. The number of imidazole rings is 1. The molecular formula is C19H21N5O2. The lowest BCUT2D eigenvalue weighted by molar-refractivity contribution is -0.117. The number of nitrogens with zero attached hydrogens (tertiary/aromatic N) is 5. The van der Waals surface area contributed by atoms with Crippen molar-refractivity contribution in [3.63, 3.8) is 0 Å². The molecule has 3 heterocycles. The van der Waals surface area contributed by atoms with Gasteiger partial charge in [-0.15, -0.1) is 0 Å². The Kier molecular flexibility index (Phi) is 4.20. The monoisotopic (exact) mass is 351 g/mol. The Balaban J connectivity index is 1.58. The van der Waals surface area contributed by atoms with Gasteiger partial charge in [0.2, 0.25) is 5.91 Å². The molecule has 7 heteroatoms. The molecule has 1 aliphatic heterocycles. The first-order chi connectivity index (χ1) is 12.7. The summed E-state index contributed by atoms with van der Waals surface area (Å²) in [5, 5.41) is 4.34. The van der Waals surface area contributed by atoms with Crippen LogP contribution in [0.5, 0.6) is 5.75 Å². The molecule has 0 bridgehead atoms. The number of benzene rings is 1. The molecule has 0 unspecified atom stereocenters. The van der Waals surface area contributed by atoms with Gasteiger partial charge in [0.05, 0.1) is 37.6 Å². The molecule has 7 nitrogen and oxygen atoms in total. The van der Waals surface area contributed by atoms with Crippen LogP contribution < -0.4 is 9.64 Å². The standard InChI is InChI=1S/C19H21N5O2/c1-3-22-11-14(9-21-22)18-10-20-13-24(18)16-8-19(25)23(12-16)15-4-6-17(26-2)7-5-15/h4-7,9-11,13,16H,3,8,12H2,1-2H3/t16-/m0/s1. The lowest BCUT2D eigenvalue weighted by Crippen LogP contribution is -2.24. The van der Waals surface area contributed by atoms with Crippen LogP contribution in [0.1, 0.15) is 19.4 Å². The SMILES string of the molecule is CCn1cc(-c2cncn2[C@H]2CC(=O)N(c3ccc(OC)cc3)C2)cn1. The lowest BCUT2D eigenvalue weighted by atomic mass is 10.2. The van der Waals surface area contributed by atoms with Gasteiger partial charge in [-0.2, -0.15) is 5.10 Å². The minimum atomic E-state index is 0.0482. The first-order valence-electron chi connectivity index (χ1n) is 8.68. The number of methoxy groups -OCH3 is 1. The smallest absolute Gasteiger partial charge is 0.229 e. The fourth-order valence-corrected chi connectivity index (χ4v) is 3.37. The molecule has 134 valence electrons. The maximum Gasteiger partial charge on any atom is 0.229 e. The molecule has 0 aliphatic carbocycles. The lowest BCUT2D eigenvalue weighted by Gasteiger charge is -2.18. The fourth-order valence-electron chi connectivity index (χ4n) is 3.37. The minimum absolute atomic E-state index is 0.0482. The first-order valence-corrected chi connectivity index (χ1v) is 8.68. The number of ether oxygens (including phenoxy) is 1. The predicted molar refractivity (Wildman–Crippen MR) is 98.1 cm³/mol. The van der Waals surface area contributed by atoms with Gasteiger partial charge in [0.15, 0.2) is 0 Å². The summed E-state index contributed by atoms with van der Waals surface area (Å²) in [6, 6.07) is 7.63. The third-order valence-corrected chi connectivity index (χ3v) is 4.80. The van der Waals surface area contributed by atoms with Crippen molar-refractivity contribution in [3.8, 4) is 17.0 Å². The summed E-state index contributed by atoms with van der Waals surface area (Å²) in [6.07, 6.45) is 7.93. The van der Waals surface area contributed by atoms with E-state index in [0.29, 0.717) is 13.0 Å². The van der Waals surface area contributed by atoms with E-state index >= 15 is 0 Å². The van der Waals surface area contributed by atoms with Crippen molar-refractivity contribution in [1.29, 1.82) is 0 Å². The molecule has 4 rings (SSSR count). The Morgan fingerprint density at radius 3 is 2.73 bits per heavy atom. The van der Waals surface area contributed by atoms with Crippen LogP contribution in [-0.2, 0) is 11.3 Å². The van der Waals surface area contributed by atoms with E-state index in [-0.39, 0.29) is 11.9 Å². The number of rotatable bonds is 5. The van der Waals surface area contributed by atoms with Gasteiger partial charge in [-0.1, -0.05) is 0 Å². The van der Waals surface area contributed by atoms with Gasteiger partial charge in [0.25, 0.3) is 0 Å². The number of hydrogen-bond donors (Lipinski definition) is 0. The van der Waals surface area contributed by atoms with E-state index < -0.39 is 0 Å². The average molecular weight is 351 g/mol. The van der Waals surface area contributed by atoms with Crippen LogP contribution in [0.15, 0.2) is 49.2 Å². The second-order valence-electron chi connectivity index (χ2n) is 6.33. The topological polar surface area (TPSA) is 65.2 Å². The minimum Gasteiger partial charge on any atom is -0.497 e. The molecule has 1 saturated heterocycles. The van der Waals surface area contributed by atoms with Crippen LogP contribution in [0.25, 0.3) is 11.3 Å². The second-order valence-corrected chi connectivity index (χ2v) is 6.33. The maximum absolute atomic E-state index is 12.6. The van der Waals surface area contributed by atoms with E-state index in [1.807, 2.05) is 52.4 Å². The highest BCUT2D eigenvalue weighted by molar-refractivity contribution is 5.96. The van der Waals surface area contributed by atoms with E-state index in [4.69, 9.17) is 4.74 Å². The van der Waals surface area contributed by atoms with Crippen LogP contribution in [0.3, 0.4) is 0 Å². The second kappa shape index (κ2) is 6.67. The number of aromatic nitrogens is 4. The Morgan fingerprint density at radius 2 is 2.04 bits per heavy atom.